The number of aromatic nitrogens is 6. The predicted molar refractivity (Wildman–Crippen MR) is 102 cm³/mol. The molecule has 0 aliphatic rings. The Bertz CT molecular complexity index is 1040. The van der Waals surface area contributed by atoms with Crippen LogP contribution in [0.3, 0.4) is 0 Å². The summed E-state index contributed by atoms with van der Waals surface area (Å²) in [5.41, 5.74) is 4.51. The third-order valence-corrected chi connectivity index (χ3v) is 5.12. The fourth-order valence-corrected chi connectivity index (χ4v) is 3.34. The molecule has 0 amide bonds. The fourth-order valence-electron chi connectivity index (χ4n) is 2.61. The minimum atomic E-state index is 0.507. The molecule has 4 aromatic rings. The maximum atomic E-state index is 5.36. The van der Waals surface area contributed by atoms with Crippen molar-refractivity contribution in [3.05, 3.63) is 76.9 Å². The Hall–Kier alpha value is -3.00. The van der Waals surface area contributed by atoms with E-state index in [1.165, 1.54) is 22.9 Å². The lowest BCUT2D eigenvalue weighted by Gasteiger charge is -2.06. The Balaban J connectivity index is 1.44. The van der Waals surface area contributed by atoms with Crippen molar-refractivity contribution in [2.45, 2.75) is 31.2 Å². The number of benzene rings is 2. The highest BCUT2D eigenvalue weighted by molar-refractivity contribution is 7.98. The first kappa shape index (κ1) is 17.4. The summed E-state index contributed by atoms with van der Waals surface area (Å²) in [7, 11) is 0. The predicted octanol–water partition coefficient (Wildman–Crippen LogP) is 3.55. The highest BCUT2D eigenvalue weighted by Gasteiger charge is 2.13. The molecule has 0 fully saturated rings. The first-order valence-corrected chi connectivity index (χ1v) is 9.52. The van der Waals surface area contributed by atoms with Crippen molar-refractivity contribution in [3.8, 4) is 5.69 Å². The molecule has 0 bridgehead atoms. The van der Waals surface area contributed by atoms with Crippen molar-refractivity contribution < 1.29 is 4.52 Å². The number of thioether (sulfide) groups is 1. The Labute approximate surface area is 160 Å². The molecular formula is C19H18N6OS. The Morgan fingerprint density at radius 2 is 1.89 bits per heavy atom. The van der Waals surface area contributed by atoms with E-state index >= 15 is 0 Å². The van der Waals surface area contributed by atoms with Crippen LogP contribution in [0.15, 0.2) is 58.2 Å². The van der Waals surface area contributed by atoms with E-state index in [1.54, 1.807) is 4.68 Å². The van der Waals surface area contributed by atoms with Gasteiger partial charge in [-0.25, -0.2) is 0 Å². The van der Waals surface area contributed by atoms with Crippen LogP contribution in [-0.4, -0.2) is 30.3 Å². The van der Waals surface area contributed by atoms with Crippen LogP contribution in [0.25, 0.3) is 5.69 Å². The molecule has 4 rings (SSSR count). The van der Waals surface area contributed by atoms with Crippen molar-refractivity contribution in [3.63, 3.8) is 0 Å². The zero-order valence-corrected chi connectivity index (χ0v) is 15.8. The summed E-state index contributed by atoms with van der Waals surface area (Å²) in [6.07, 6.45) is 0.648. The SMILES string of the molecule is Cc1ccc(-n2nnnc2SCc2nc(Cc3ccccc3)no2)cc1C. The van der Waals surface area contributed by atoms with Gasteiger partial charge in [0.1, 0.15) is 0 Å². The van der Waals surface area contributed by atoms with Crippen LogP contribution in [0.5, 0.6) is 0 Å². The first-order chi connectivity index (χ1) is 13.2. The van der Waals surface area contributed by atoms with E-state index in [0.717, 1.165) is 11.3 Å². The molecule has 0 saturated carbocycles. The van der Waals surface area contributed by atoms with Gasteiger partial charge in [-0.1, -0.05) is 53.3 Å². The number of hydrogen-bond acceptors (Lipinski definition) is 7. The highest BCUT2D eigenvalue weighted by Crippen LogP contribution is 2.23. The van der Waals surface area contributed by atoms with Crippen molar-refractivity contribution in [2.75, 3.05) is 0 Å². The second-order valence-electron chi connectivity index (χ2n) is 6.20. The van der Waals surface area contributed by atoms with Crippen LogP contribution in [0.1, 0.15) is 28.4 Å². The van der Waals surface area contributed by atoms with Gasteiger partial charge in [0.25, 0.3) is 0 Å². The lowest BCUT2D eigenvalue weighted by atomic mass is 10.1. The van der Waals surface area contributed by atoms with E-state index in [1.807, 2.05) is 36.4 Å². The number of tetrazole rings is 1. The first-order valence-electron chi connectivity index (χ1n) is 8.53. The summed E-state index contributed by atoms with van der Waals surface area (Å²) < 4.78 is 7.08. The molecule has 0 spiro atoms. The van der Waals surface area contributed by atoms with E-state index in [0.29, 0.717) is 29.0 Å². The zero-order valence-electron chi connectivity index (χ0n) is 15.0. The summed E-state index contributed by atoms with van der Waals surface area (Å²) in [4.78, 5) is 4.46. The van der Waals surface area contributed by atoms with Crippen molar-refractivity contribution in [2.24, 2.45) is 0 Å². The number of aryl methyl sites for hydroxylation is 2. The minimum Gasteiger partial charge on any atom is -0.338 e. The van der Waals surface area contributed by atoms with Gasteiger partial charge >= 0.3 is 0 Å². The largest absolute Gasteiger partial charge is 0.338 e. The van der Waals surface area contributed by atoms with Gasteiger partial charge in [-0.3, -0.25) is 0 Å². The average molecular weight is 378 g/mol. The van der Waals surface area contributed by atoms with Gasteiger partial charge in [-0.2, -0.15) is 9.67 Å². The zero-order chi connectivity index (χ0) is 18.6. The van der Waals surface area contributed by atoms with E-state index in [4.69, 9.17) is 4.52 Å². The molecule has 0 radical (unpaired) electrons. The fraction of sp³-hybridized carbons (Fsp3) is 0.211. The summed E-state index contributed by atoms with van der Waals surface area (Å²) in [6.45, 7) is 4.15. The van der Waals surface area contributed by atoms with Crippen LogP contribution in [0, 0.1) is 13.8 Å². The quantitative estimate of drug-likeness (QED) is 0.475. The molecule has 27 heavy (non-hydrogen) atoms. The van der Waals surface area contributed by atoms with Crippen molar-refractivity contribution in [1.82, 2.24) is 30.3 Å². The maximum absolute atomic E-state index is 5.36. The van der Waals surface area contributed by atoms with Gasteiger partial charge in [-0.05, 0) is 53.1 Å². The van der Waals surface area contributed by atoms with Crippen LogP contribution in [0.2, 0.25) is 0 Å². The molecule has 8 heteroatoms. The number of nitrogens with zero attached hydrogens (tertiary/aromatic N) is 6. The maximum Gasteiger partial charge on any atom is 0.237 e. The summed E-state index contributed by atoms with van der Waals surface area (Å²) in [6, 6.07) is 16.2. The molecule has 0 saturated heterocycles. The van der Waals surface area contributed by atoms with Gasteiger partial charge in [0, 0.05) is 6.42 Å². The second-order valence-corrected chi connectivity index (χ2v) is 7.14. The highest BCUT2D eigenvalue weighted by atomic mass is 32.2. The molecule has 2 heterocycles. The summed E-state index contributed by atoms with van der Waals surface area (Å²) in [5.74, 6) is 1.73. The molecule has 0 unspecified atom stereocenters. The van der Waals surface area contributed by atoms with Crippen LogP contribution < -0.4 is 0 Å². The van der Waals surface area contributed by atoms with Gasteiger partial charge in [0.2, 0.25) is 11.0 Å². The van der Waals surface area contributed by atoms with E-state index in [-0.39, 0.29) is 0 Å². The van der Waals surface area contributed by atoms with Crippen molar-refractivity contribution >= 4 is 11.8 Å². The Morgan fingerprint density at radius 1 is 1.04 bits per heavy atom. The van der Waals surface area contributed by atoms with Gasteiger partial charge < -0.3 is 4.52 Å². The number of rotatable bonds is 6. The third-order valence-electron chi connectivity index (χ3n) is 4.22. The second kappa shape index (κ2) is 7.71. The average Bonchev–Trinajstić information content (AvgIpc) is 3.32. The van der Waals surface area contributed by atoms with E-state index in [9.17, 15) is 0 Å². The third kappa shape index (κ3) is 4.06. The summed E-state index contributed by atoms with van der Waals surface area (Å²) in [5, 5.41) is 16.7. The lowest BCUT2D eigenvalue weighted by Crippen LogP contribution is -2.00. The molecule has 0 aliphatic carbocycles. The van der Waals surface area contributed by atoms with Gasteiger partial charge in [-0.15, -0.1) is 5.10 Å². The Morgan fingerprint density at radius 3 is 2.70 bits per heavy atom. The van der Waals surface area contributed by atoms with Crippen LogP contribution in [-0.2, 0) is 12.2 Å². The molecule has 136 valence electrons. The van der Waals surface area contributed by atoms with Gasteiger partial charge in [0.05, 0.1) is 11.4 Å². The van der Waals surface area contributed by atoms with E-state index in [2.05, 4.69) is 51.6 Å². The molecule has 2 aromatic carbocycles. The lowest BCUT2D eigenvalue weighted by molar-refractivity contribution is 0.385. The standard InChI is InChI=1S/C19H18N6OS/c1-13-8-9-16(10-14(13)2)25-19(21-23-24-25)27-12-18-20-17(22-26-18)11-15-6-4-3-5-7-15/h3-10H,11-12H2,1-2H3. The van der Waals surface area contributed by atoms with Gasteiger partial charge in [0.15, 0.2) is 5.82 Å². The molecule has 0 N–H and O–H groups in total. The smallest absolute Gasteiger partial charge is 0.237 e. The van der Waals surface area contributed by atoms with Crippen molar-refractivity contribution in [1.29, 1.82) is 0 Å². The molecule has 0 atom stereocenters. The topological polar surface area (TPSA) is 82.5 Å². The minimum absolute atomic E-state index is 0.507. The normalized spacial score (nSPS) is 11.0. The van der Waals surface area contributed by atoms with Crippen LogP contribution >= 0.6 is 11.8 Å². The monoisotopic (exact) mass is 378 g/mol. The van der Waals surface area contributed by atoms with Crippen LogP contribution in [0.4, 0.5) is 0 Å². The molecular weight excluding hydrogens is 360 g/mol. The molecule has 2 aromatic heterocycles. The summed E-state index contributed by atoms with van der Waals surface area (Å²) >= 11 is 1.46. The molecule has 0 aliphatic heterocycles. The van der Waals surface area contributed by atoms with E-state index < -0.39 is 0 Å². The molecule has 7 nitrogen and oxygen atoms in total. The Kier molecular flexibility index (Phi) is 4.97. The number of hydrogen-bond donors (Lipinski definition) is 0.